The lowest BCUT2D eigenvalue weighted by atomic mass is 10.4. The number of rotatable bonds is 2. The van der Waals surface area contributed by atoms with Crippen molar-refractivity contribution < 1.29 is 24.5 Å². The number of aliphatic carboxylic acids is 1. The van der Waals surface area contributed by atoms with Crippen LogP contribution in [0.25, 0.3) is 0 Å². The molecule has 0 aromatic rings. The van der Waals surface area contributed by atoms with Crippen molar-refractivity contribution in [2.24, 2.45) is 0 Å². The summed E-state index contributed by atoms with van der Waals surface area (Å²) in [5.74, 6) is -3.39. The van der Waals surface area contributed by atoms with Crippen molar-refractivity contribution in [2.75, 3.05) is 7.11 Å². The first-order chi connectivity index (χ1) is 4.57. The van der Waals surface area contributed by atoms with Crippen molar-refractivity contribution in [3.63, 3.8) is 0 Å². The molecule has 56 valence electrons. The van der Waals surface area contributed by atoms with Gasteiger partial charge < -0.3 is 14.9 Å². The first-order valence-corrected chi connectivity index (χ1v) is 2.30. The fourth-order valence-electron chi connectivity index (χ4n) is 0.280. The number of aliphatic hydroxyl groups is 1. The zero-order valence-electron chi connectivity index (χ0n) is 5.20. The number of hydrogen-bond acceptors (Lipinski definition) is 4. The van der Waals surface area contributed by atoms with Gasteiger partial charge in [-0.2, -0.15) is 0 Å². The quantitative estimate of drug-likeness (QED) is 0.317. The van der Waals surface area contributed by atoms with Gasteiger partial charge in [0.25, 0.3) is 0 Å². The van der Waals surface area contributed by atoms with Gasteiger partial charge in [-0.15, -0.1) is 0 Å². The SMILES string of the molecule is COC(=O)C(O)=CC(=O)O. The molecular weight excluding hydrogens is 140 g/mol. The van der Waals surface area contributed by atoms with E-state index in [1.54, 1.807) is 0 Å². The van der Waals surface area contributed by atoms with Gasteiger partial charge in [0, 0.05) is 0 Å². The number of carboxylic acids is 1. The van der Waals surface area contributed by atoms with Gasteiger partial charge in [-0.3, -0.25) is 0 Å². The highest BCUT2D eigenvalue weighted by molar-refractivity contribution is 5.93. The maximum absolute atomic E-state index is 10.2. The summed E-state index contributed by atoms with van der Waals surface area (Å²) in [5, 5.41) is 16.5. The molecule has 0 aliphatic carbocycles. The molecule has 0 rings (SSSR count). The van der Waals surface area contributed by atoms with Gasteiger partial charge in [-0.1, -0.05) is 0 Å². The molecule has 0 fully saturated rings. The summed E-state index contributed by atoms with van der Waals surface area (Å²) in [4.78, 5) is 20.0. The topological polar surface area (TPSA) is 83.8 Å². The molecule has 0 aromatic carbocycles. The van der Waals surface area contributed by atoms with Gasteiger partial charge in [-0.05, 0) is 0 Å². The van der Waals surface area contributed by atoms with Crippen molar-refractivity contribution >= 4 is 11.9 Å². The summed E-state index contributed by atoms with van der Waals surface area (Å²) in [6, 6.07) is 0. The molecule has 0 aromatic heterocycles. The molecule has 2 N–H and O–H groups in total. The lowest BCUT2D eigenvalue weighted by molar-refractivity contribution is -0.140. The Kier molecular flexibility index (Phi) is 2.96. The lowest BCUT2D eigenvalue weighted by Crippen LogP contribution is -2.05. The van der Waals surface area contributed by atoms with E-state index >= 15 is 0 Å². The third-order valence-electron chi connectivity index (χ3n) is 0.655. The largest absolute Gasteiger partial charge is 0.502 e. The zero-order chi connectivity index (χ0) is 8.15. The van der Waals surface area contributed by atoms with E-state index in [1.165, 1.54) is 0 Å². The number of hydrogen-bond donors (Lipinski definition) is 2. The number of carbonyl (C=O) groups is 2. The van der Waals surface area contributed by atoms with E-state index in [0.29, 0.717) is 6.08 Å². The van der Waals surface area contributed by atoms with Crippen molar-refractivity contribution in [1.82, 2.24) is 0 Å². The number of carboxylic acid groups (broad SMARTS) is 1. The van der Waals surface area contributed by atoms with Gasteiger partial charge in [0.05, 0.1) is 13.2 Å². The van der Waals surface area contributed by atoms with E-state index in [-0.39, 0.29) is 0 Å². The lowest BCUT2D eigenvalue weighted by Gasteiger charge is -1.93. The Bertz CT molecular complexity index is 180. The maximum Gasteiger partial charge on any atom is 0.373 e. The van der Waals surface area contributed by atoms with Crippen LogP contribution in [0.2, 0.25) is 0 Å². The highest BCUT2D eigenvalue weighted by Crippen LogP contribution is 1.89. The Balaban J connectivity index is 4.19. The molecular formula is C5H6O5. The molecule has 0 atom stereocenters. The number of ether oxygens (including phenoxy) is 1. The number of esters is 1. The Hall–Kier alpha value is -1.52. The molecule has 0 aliphatic heterocycles. The highest BCUT2D eigenvalue weighted by atomic mass is 16.5. The summed E-state index contributed by atoms with van der Waals surface area (Å²) in [6.07, 6.45) is 0.353. The number of carbonyl (C=O) groups excluding carboxylic acids is 1. The van der Waals surface area contributed by atoms with Crippen LogP contribution in [0.4, 0.5) is 0 Å². The second kappa shape index (κ2) is 3.49. The Morgan fingerprint density at radius 3 is 2.20 bits per heavy atom. The fourth-order valence-corrected chi connectivity index (χ4v) is 0.280. The normalized spacial score (nSPS) is 10.7. The summed E-state index contributed by atoms with van der Waals surface area (Å²) < 4.78 is 3.99. The molecule has 0 aliphatic rings. The predicted molar refractivity (Wildman–Crippen MR) is 30.4 cm³/mol. The van der Waals surface area contributed by atoms with Crippen LogP contribution in [0.15, 0.2) is 11.8 Å². The molecule has 0 spiro atoms. The second-order valence-electron chi connectivity index (χ2n) is 1.36. The summed E-state index contributed by atoms with van der Waals surface area (Å²) in [7, 11) is 1.04. The minimum atomic E-state index is -1.40. The molecule has 0 amide bonds. The van der Waals surface area contributed by atoms with E-state index in [1.807, 2.05) is 0 Å². The van der Waals surface area contributed by atoms with Crippen LogP contribution in [0.5, 0.6) is 0 Å². The first-order valence-electron chi connectivity index (χ1n) is 2.30. The maximum atomic E-state index is 10.2. The number of aliphatic hydroxyl groups excluding tert-OH is 1. The average molecular weight is 146 g/mol. The third-order valence-corrected chi connectivity index (χ3v) is 0.655. The van der Waals surface area contributed by atoms with E-state index in [4.69, 9.17) is 10.2 Å². The molecule has 0 radical (unpaired) electrons. The fraction of sp³-hybridized carbons (Fsp3) is 0.200. The van der Waals surface area contributed by atoms with Gasteiger partial charge in [-0.25, -0.2) is 9.59 Å². The molecule has 0 heterocycles. The zero-order valence-corrected chi connectivity index (χ0v) is 5.20. The van der Waals surface area contributed by atoms with Crippen LogP contribution in [0, 0.1) is 0 Å². The van der Waals surface area contributed by atoms with Crippen LogP contribution < -0.4 is 0 Å². The van der Waals surface area contributed by atoms with Gasteiger partial charge in [0.2, 0.25) is 5.76 Å². The summed E-state index contributed by atoms with van der Waals surface area (Å²) in [5.41, 5.74) is 0. The molecule has 0 unspecified atom stereocenters. The summed E-state index contributed by atoms with van der Waals surface area (Å²) >= 11 is 0. The smallest absolute Gasteiger partial charge is 0.373 e. The molecule has 5 nitrogen and oxygen atoms in total. The van der Waals surface area contributed by atoms with Gasteiger partial charge >= 0.3 is 11.9 Å². The van der Waals surface area contributed by atoms with Crippen molar-refractivity contribution in [3.05, 3.63) is 11.8 Å². The Morgan fingerprint density at radius 1 is 1.40 bits per heavy atom. The highest BCUT2D eigenvalue weighted by Gasteiger charge is 2.07. The predicted octanol–water partition coefficient (Wildman–Crippen LogP) is -0.314. The minimum absolute atomic E-state index is 0.353. The van der Waals surface area contributed by atoms with E-state index < -0.39 is 17.7 Å². The van der Waals surface area contributed by atoms with Crippen LogP contribution in [-0.4, -0.2) is 29.3 Å². The first kappa shape index (κ1) is 8.48. The number of methoxy groups -OCH3 is 1. The van der Waals surface area contributed by atoms with Crippen LogP contribution in [0.3, 0.4) is 0 Å². The molecule has 0 bridgehead atoms. The monoisotopic (exact) mass is 146 g/mol. The van der Waals surface area contributed by atoms with Gasteiger partial charge in [0.15, 0.2) is 0 Å². The van der Waals surface area contributed by atoms with Crippen molar-refractivity contribution in [1.29, 1.82) is 0 Å². The molecule has 5 heteroatoms. The standard InChI is InChI=1S/C5H6O5/c1-10-5(9)3(6)2-4(7)8/h2,6H,1H3,(H,7,8). The van der Waals surface area contributed by atoms with Gasteiger partial charge in [0.1, 0.15) is 0 Å². The second-order valence-corrected chi connectivity index (χ2v) is 1.36. The van der Waals surface area contributed by atoms with E-state index in [9.17, 15) is 9.59 Å². The minimum Gasteiger partial charge on any atom is -0.502 e. The van der Waals surface area contributed by atoms with Crippen LogP contribution in [-0.2, 0) is 14.3 Å². The van der Waals surface area contributed by atoms with E-state index in [2.05, 4.69) is 4.74 Å². The van der Waals surface area contributed by atoms with Crippen LogP contribution >= 0.6 is 0 Å². The molecule has 0 saturated heterocycles. The third kappa shape index (κ3) is 2.71. The van der Waals surface area contributed by atoms with Crippen molar-refractivity contribution in [3.8, 4) is 0 Å². The Morgan fingerprint density at radius 2 is 1.90 bits per heavy atom. The van der Waals surface area contributed by atoms with E-state index in [0.717, 1.165) is 7.11 Å². The average Bonchev–Trinajstić information content (AvgIpc) is 1.85. The summed E-state index contributed by atoms with van der Waals surface area (Å²) in [6.45, 7) is 0. The Labute approximate surface area is 56.5 Å². The molecule has 0 saturated carbocycles. The van der Waals surface area contributed by atoms with Crippen molar-refractivity contribution in [2.45, 2.75) is 0 Å². The molecule has 10 heavy (non-hydrogen) atoms. The van der Waals surface area contributed by atoms with Crippen LogP contribution in [0.1, 0.15) is 0 Å².